The summed E-state index contributed by atoms with van der Waals surface area (Å²) in [4.78, 5) is 36.1. The Morgan fingerprint density at radius 3 is 2.79 bits per heavy atom. The number of pyridine rings is 2. The zero-order valence-corrected chi connectivity index (χ0v) is 16.2. The van der Waals surface area contributed by atoms with E-state index in [4.69, 9.17) is 5.11 Å². The molecule has 0 saturated carbocycles. The summed E-state index contributed by atoms with van der Waals surface area (Å²) in [7, 11) is 0. The molecule has 1 atom stereocenters. The highest BCUT2D eigenvalue weighted by molar-refractivity contribution is 7.15. The van der Waals surface area contributed by atoms with Crippen molar-refractivity contribution in [3.8, 4) is 10.6 Å². The fourth-order valence-corrected chi connectivity index (χ4v) is 3.46. The topological polar surface area (TPSA) is 117 Å². The molecule has 3 aromatic rings. The minimum Gasteiger partial charge on any atom is -0.481 e. The molecule has 9 heteroatoms. The van der Waals surface area contributed by atoms with Crippen LogP contribution in [0, 0.1) is 0 Å². The van der Waals surface area contributed by atoms with Crippen molar-refractivity contribution in [3.63, 3.8) is 0 Å². The smallest absolute Gasteiger partial charge is 0.307 e. The Morgan fingerprint density at radius 2 is 2.04 bits per heavy atom. The number of thiazole rings is 1. The molecule has 28 heavy (non-hydrogen) atoms. The van der Waals surface area contributed by atoms with Gasteiger partial charge >= 0.3 is 5.97 Å². The van der Waals surface area contributed by atoms with Crippen molar-refractivity contribution in [2.24, 2.45) is 0 Å². The predicted octanol–water partition coefficient (Wildman–Crippen LogP) is 3.17. The second kappa shape index (κ2) is 8.57. The number of aromatic nitrogens is 3. The minimum atomic E-state index is -0.897. The van der Waals surface area contributed by atoms with Crippen LogP contribution < -0.4 is 10.6 Å². The van der Waals surface area contributed by atoms with Gasteiger partial charge in [-0.2, -0.15) is 0 Å². The summed E-state index contributed by atoms with van der Waals surface area (Å²) >= 11 is 1.46. The molecule has 0 aliphatic rings. The molecule has 0 aromatic carbocycles. The minimum absolute atomic E-state index is 0.0687. The molecule has 144 valence electrons. The summed E-state index contributed by atoms with van der Waals surface area (Å²) in [6.45, 7) is 3.35. The van der Waals surface area contributed by atoms with E-state index in [2.05, 4.69) is 25.6 Å². The third kappa shape index (κ3) is 5.10. The fraction of sp³-hybridized carbons (Fsp3) is 0.211. The summed E-state index contributed by atoms with van der Waals surface area (Å²) in [5.41, 5.74) is 1.39. The number of rotatable bonds is 7. The summed E-state index contributed by atoms with van der Waals surface area (Å²) in [5, 5.41) is 15.6. The fourth-order valence-electron chi connectivity index (χ4n) is 2.57. The van der Waals surface area contributed by atoms with Crippen molar-refractivity contribution >= 4 is 34.8 Å². The maximum absolute atomic E-state index is 11.2. The van der Waals surface area contributed by atoms with E-state index in [0.717, 1.165) is 15.6 Å². The summed E-state index contributed by atoms with van der Waals surface area (Å²) in [6.07, 6.45) is 3.22. The average Bonchev–Trinajstić information content (AvgIpc) is 3.11. The number of nitrogens with one attached hydrogen (secondary N) is 2. The van der Waals surface area contributed by atoms with Gasteiger partial charge < -0.3 is 15.7 Å². The maximum Gasteiger partial charge on any atom is 0.307 e. The number of nitrogens with zero attached hydrogens (tertiary/aromatic N) is 3. The van der Waals surface area contributed by atoms with Crippen LogP contribution in [0.4, 0.5) is 11.6 Å². The highest BCUT2D eigenvalue weighted by Crippen LogP contribution is 2.29. The van der Waals surface area contributed by atoms with Gasteiger partial charge in [-0.1, -0.05) is 6.07 Å². The van der Waals surface area contributed by atoms with E-state index in [1.54, 1.807) is 30.6 Å². The third-order valence-corrected chi connectivity index (χ3v) is 4.95. The van der Waals surface area contributed by atoms with E-state index >= 15 is 0 Å². The third-order valence-electron chi connectivity index (χ3n) is 3.75. The van der Waals surface area contributed by atoms with E-state index in [1.165, 1.54) is 18.3 Å². The molecule has 0 unspecified atom stereocenters. The van der Waals surface area contributed by atoms with Gasteiger partial charge in [-0.3, -0.25) is 9.59 Å². The highest BCUT2D eigenvalue weighted by atomic mass is 32.1. The summed E-state index contributed by atoms with van der Waals surface area (Å²) < 4.78 is 0. The number of carbonyl (C=O) groups excluding carboxylic acids is 1. The van der Waals surface area contributed by atoms with Crippen molar-refractivity contribution < 1.29 is 14.7 Å². The Bertz CT molecular complexity index is 1000. The van der Waals surface area contributed by atoms with Gasteiger partial charge in [0.25, 0.3) is 0 Å². The number of aliphatic carboxylic acids is 1. The molecule has 0 fully saturated rings. The molecule has 8 nitrogen and oxygen atoms in total. The van der Waals surface area contributed by atoms with Crippen molar-refractivity contribution in [1.29, 1.82) is 0 Å². The average molecular weight is 397 g/mol. The van der Waals surface area contributed by atoms with Gasteiger partial charge in [0, 0.05) is 19.3 Å². The maximum atomic E-state index is 11.2. The van der Waals surface area contributed by atoms with E-state index in [-0.39, 0.29) is 18.4 Å². The molecule has 0 aliphatic heterocycles. The molecule has 3 rings (SSSR count). The first-order valence-electron chi connectivity index (χ1n) is 8.54. The van der Waals surface area contributed by atoms with E-state index in [0.29, 0.717) is 17.2 Å². The highest BCUT2D eigenvalue weighted by Gasteiger charge is 2.13. The largest absolute Gasteiger partial charge is 0.481 e. The zero-order valence-electron chi connectivity index (χ0n) is 15.3. The standard InChI is InChI=1S/C19H19N5O3S/c1-11(22-12(2)25)19-21-10-15(28-19)14-4-3-5-16(23-14)24-17-8-13(6-7-20-17)9-18(26)27/h3-8,10-11H,9H2,1-2H3,(H,22,25)(H,26,27)(H,20,23,24)/t11-/m0/s1. The first kappa shape index (κ1) is 19.4. The van der Waals surface area contributed by atoms with Crippen molar-refractivity contribution in [3.05, 3.63) is 53.3 Å². The number of amides is 1. The lowest BCUT2D eigenvalue weighted by molar-refractivity contribution is -0.136. The van der Waals surface area contributed by atoms with Crippen LogP contribution in [0.25, 0.3) is 10.6 Å². The molecule has 0 aliphatic carbocycles. The Hall–Kier alpha value is -3.33. The lowest BCUT2D eigenvalue weighted by Crippen LogP contribution is -2.23. The Morgan fingerprint density at radius 1 is 1.21 bits per heavy atom. The summed E-state index contributed by atoms with van der Waals surface area (Å²) in [6, 6.07) is 8.72. The molecule has 0 spiro atoms. The molecular weight excluding hydrogens is 378 g/mol. The summed E-state index contributed by atoms with van der Waals surface area (Å²) in [5.74, 6) is 0.105. The van der Waals surface area contributed by atoms with Crippen LogP contribution in [0.3, 0.4) is 0 Å². The van der Waals surface area contributed by atoms with Gasteiger partial charge in [-0.25, -0.2) is 15.0 Å². The second-order valence-electron chi connectivity index (χ2n) is 6.14. The lowest BCUT2D eigenvalue weighted by Gasteiger charge is -2.08. The molecule has 0 bridgehead atoms. The Kier molecular flexibility index (Phi) is 5.95. The molecule has 0 radical (unpaired) electrons. The van der Waals surface area contributed by atoms with Crippen LogP contribution in [-0.2, 0) is 16.0 Å². The van der Waals surface area contributed by atoms with Gasteiger partial charge in [-0.05, 0) is 36.8 Å². The van der Waals surface area contributed by atoms with E-state index in [1.807, 2.05) is 19.1 Å². The van der Waals surface area contributed by atoms with Crippen LogP contribution in [-0.4, -0.2) is 31.9 Å². The Balaban J connectivity index is 1.77. The van der Waals surface area contributed by atoms with Crippen LogP contribution in [0.2, 0.25) is 0 Å². The van der Waals surface area contributed by atoms with Crippen molar-refractivity contribution in [2.45, 2.75) is 26.3 Å². The van der Waals surface area contributed by atoms with Crippen LogP contribution in [0.15, 0.2) is 42.7 Å². The van der Waals surface area contributed by atoms with Gasteiger partial charge in [0.05, 0.1) is 23.0 Å². The number of carboxylic acids is 1. The van der Waals surface area contributed by atoms with Gasteiger partial charge in [0.2, 0.25) is 5.91 Å². The molecule has 3 N–H and O–H groups in total. The zero-order chi connectivity index (χ0) is 20.1. The van der Waals surface area contributed by atoms with Gasteiger partial charge in [-0.15, -0.1) is 11.3 Å². The lowest BCUT2D eigenvalue weighted by atomic mass is 10.2. The Labute approximate surface area is 165 Å². The number of carboxylic acid groups (broad SMARTS) is 1. The van der Waals surface area contributed by atoms with Crippen LogP contribution in [0.1, 0.15) is 30.5 Å². The SMILES string of the molecule is CC(=O)N[C@@H](C)c1ncc(-c2cccc(Nc3cc(CC(=O)O)ccn3)n2)s1. The molecule has 1 amide bonds. The normalized spacial score (nSPS) is 11.6. The second-order valence-corrected chi connectivity index (χ2v) is 7.20. The molecule has 3 aromatic heterocycles. The monoisotopic (exact) mass is 397 g/mol. The number of carbonyl (C=O) groups is 2. The van der Waals surface area contributed by atoms with Crippen molar-refractivity contribution in [2.75, 3.05) is 5.32 Å². The van der Waals surface area contributed by atoms with Crippen LogP contribution in [0.5, 0.6) is 0 Å². The van der Waals surface area contributed by atoms with Crippen LogP contribution >= 0.6 is 11.3 Å². The first-order valence-corrected chi connectivity index (χ1v) is 9.36. The van der Waals surface area contributed by atoms with E-state index < -0.39 is 5.97 Å². The number of hydrogen-bond acceptors (Lipinski definition) is 7. The number of anilines is 2. The van der Waals surface area contributed by atoms with E-state index in [9.17, 15) is 9.59 Å². The quantitative estimate of drug-likeness (QED) is 0.560. The molecule has 3 heterocycles. The molecular formula is C19H19N5O3S. The van der Waals surface area contributed by atoms with Gasteiger partial charge in [0.1, 0.15) is 16.6 Å². The van der Waals surface area contributed by atoms with Crippen molar-refractivity contribution in [1.82, 2.24) is 20.3 Å². The van der Waals surface area contributed by atoms with Gasteiger partial charge in [0.15, 0.2) is 0 Å². The number of hydrogen-bond donors (Lipinski definition) is 3. The predicted molar refractivity (Wildman–Crippen MR) is 106 cm³/mol. The molecule has 0 saturated heterocycles. The first-order chi connectivity index (χ1) is 13.4.